The number of carbonyl (C=O) groups is 1. The summed E-state index contributed by atoms with van der Waals surface area (Å²) in [7, 11) is 0. The molecule has 2 N–H and O–H groups in total. The zero-order valence-corrected chi connectivity index (χ0v) is 14.6. The highest BCUT2D eigenvalue weighted by molar-refractivity contribution is 9.10. The fourth-order valence-corrected chi connectivity index (χ4v) is 3.71. The lowest BCUT2D eigenvalue weighted by Gasteiger charge is -2.28. The van der Waals surface area contributed by atoms with E-state index in [-0.39, 0.29) is 12.0 Å². The van der Waals surface area contributed by atoms with Gasteiger partial charge < -0.3 is 15.0 Å². The summed E-state index contributed by atoms with van der Waals surface area (Å²) in [6.45, 7) is 2.40. The molecule has 1 aliphatic rings. The molecule has 1 heterocycles. The van der Waals surface area contributed by atoms with Crippen molar-refractivity contribution in [3.63, 3.8) is 0 Å². The van der Waals surface area contributed by atoms with Crippen molar-refractivity contribution in [3.8, 4) is 11.3 Å². The molecule has 3 rings (SSSR count). The minimum absolute atomic E-state index is 0.0152. The number of hydrogen-bond donors (Lipinski definition) is 2. The molecule has 0 spiro atoms. The Morgan fingerprint density at radius 3 is 2.78 bits per heavy atom. The zero-order chi connectivity index (χ0) is 16.4. The molecule has 0 bridgehead atoms. The van der Waals surface area contributed by atoms with Crippen LogP contribution in [0.15, 0.2) is 34.9 Å². The topological polar surface area (TPSA) is 69.2 Å². The molecule has 0 aliphatic heterocycles. The average Bonchev–Trinajstić information content (AvgIpc) is 3.17. The number of benzene rings is 1. The van der Waals surface area contributed by atoms with E-state index in [1.165, 1.54) is 0 Å². The number of imidazole rings is 1. The quantitative estimate of drug-likeness (QED) is 0.825. The largest absolute Gasteiger partial charge is 0.465 e. The van der Waals surface area contributed by atoms with Crippen LogP contribution < -0.4 is 0 Å². The number of likely N-dealkylation sites (N-methyl/N-ethyl adjacent to an activating group) is 1. The summed E-state index contributed by atoms with van der Waals surface area (Å²) in [5.41, 5.74) is 2.05. The van der Waals surface area contributed by atoms with Crippen LogP contribution in [-0.4, -0.2) is 38.7 Å². The SMILES string of the molecule is CCN(C(=O)O)[C@H]1CCC[C@@H]1c1ncc(-c2ccc(Br)cc2)[nH]1. The molecule has 2 aromatic rings. The monoisotopic (exact) mass is 377 g/mol. The maximum absolute atomic E-state index is 11.4. The summed E-state index contributed by atoms with van der Waals surface area (Å²) in [6, 6.07) is 8.07. The van der Waals surface area contributed by atoms with Crippen molar-refractivity contribution in [2.24, 2.45) is 0 Å². The first kappa shape index (κ1) is 16.1. The molecule has 0 unspecified atom stereocenters. The van der Waals surface area contributed by atoms with Gasteiger partial charge in [-0.25, -0.2) is 9.78 Å². The number of halogens is 1. The number of aromatic nitrogens is 2. The Labute approximate surface area is 143 Å². The molecule has 1 amide bonds. The second kappa shape index (κ2) is 6.74. The third kappa shape index (κ3) is 3.27. The van der Waals surface area contributed by atoms with E-state index < -0.39 is 6.09 Å². The van der Waals surface area contributed by atoms with Crippen LogP contribution in [0.25, 0.3) is 11.3 Å². The number of nitrogens with one attached hydrogen (secondary N) is 1. The highest BCUT2D eigenvalue weighted by Gasteiger charge is 2.36. The molecule has 5 nitrogen and oxygen atoms in total. The van der Waals surface area contributed by atoms with E-state index in [0.29, 0.717) is 6.54 Å². The molecule has 1 fully saturated rings. The standard InChI is InChI=1S/C17H20BrN3O2/c1-2-21(17(22)23)15-5-3-4-13(15)16-19-10-14(20-16)11-6-8-12(18)9-7-11/h6-10,13,15H,2-5H2,1H3,(H,19,20)(H,22,23)/t13-,15-/m0/s1. The van der Waals surface area contributed by atoms with Gasteiger partial charge in [0.15, 0.2) is 0 Å². The van der Waals surface area contributed by atoms with Crippen LogP contribution >= 0.6 is 15.9 Å². The third-order valence-electron chi connectivity index (χ3n) is 4.57. The second-order valence-electron chi connectivity index (χ2n) is 5.86. The molecule has 23 heavy (non-hydrogen) atoms. The maximum atomic E-state index is 11.4. The van der Waals surface area contributed by atoms with Crippen molar-refractivity contribution in [1.29, 1.82) is 0 Å². The minimum Gasteiger partial charge on any atom is -0.465 e. The van der Waals surface area contributed by atoms with Crippen LogP contribution in [0.5, 0.6) is 0 Å². The van der Waals surface area contributed by atoms with Gasteiger partial charge >= 0.3 is 6.09 Å². The lowest BCUT2D eigenvalue weighted by atomic mass is 10.0. The number of nitrogens with zero attached hydrogens (tertiary/aromatic N) is 2. The summed E-state index contributed by atoms with van der Waals surface area (Å²) >= 11 is 3.44. The average molecular weight is 378 g/mol. The third-order valence-corrected chi connectivity index (χ3v) is 5.10. The van der Waals surface area contributed by atoms with E-state index >= 15 is 0 Å². The number of hydrogen-bond acceptors (Lipinski definition) is 2. The highest BCUT2D eigenvalue weighted by atomic mass is 79.9. The summed E-state index contributed by atoms with van der Waals surface area (Å²) in [5, 5.41) is 9.40. The molecule has 0 saturated heterocycles. The van der Waals surface area contributed by atoms with Crippen LogP contribution in [0.1, 0.15) is 37.9 Å². The van der Waals surface area contributed by atoms with Crippen LogP contribution in [-0.2, 0) is 0 Å². The predicted octanol–water partition coefficient (Wildman–Crippen LogP) is 4.48. The van der Waals surface area contributed by atoms with Gasteiger partial charge in [0.25, 0.3) is 0 Å². The van der Waals surface area contributed by atoms with E-state index in [9.17, 15) is 9.90 Å². The van der Waals surface area contributed by atoms with Gasteiger partial charge in [-0.15, -0.1) is 0 Å². The van der Waals surface area contributed by atoms with Crippen molar-refractivity contribution in [2.45, 2.75) is 38.1 Å². The Hall–Kier alpha value is -1.82. The normalized spacial score (nSPS) is 20.6. The van der Waals surface area contributed by atoms with Crippen LogP contribution in [0.4, 0.5) is 4.79 Å². The van der Waals surface area contributed by atoms with Gasteiger partial charge in [0, 0.05) is 23.0 Å². The number of amides is 1. The van der Waals surface area contributed by atoms with E-state index in [1.807, 2.05) is 37.4 Å². The molecule has 0 radical (unpaired) electrons. The van der Waals surface area contributed by atoms with Gasteiger partial charge in [-0.2, -0.15) is 0 Å². The molecular weight excluding hydrogens is 358 g/mol. The van der Waals surface area contributed by atoms with Crippen molar-refractivity contribution in [1.82, 2.24) is 14.9 Å². The van der Waals surface area contributed by atoms with Crippen molar-refractivity contribution < 1.29 is 9.90 Å². The zero-order valence-electron chi connectivity index (χ0n) is 13.0. The first-order chi connectivity index (χ1) is 11.1. The van der Waals surface area contributed by atoms with Gasteiger partial charge in [-0.1, -0.05) is 34.5 Å². The number of aromatic amines is 1. The molecule has 122 valence electrons. The molecule has 1 saturated carbocycles. The summed E-state index contributed by atoms with van der Waals surface area (Å²) in [4.78, 5) is 20.9. The minimum atomic E-state index is -0.843. The molecule has 2 atom stereocenters. The van der Waals surface area contributed by atoms with Crippen molar-refractivity contribution >= 4 is 22.0 Å². The second-order valence-corrected chi connectivity index (χ2v) is 6.78. The molecule has 1 aromatic heterocycles. The van der Waals surface area contributed by atoms with E-state index in [1.54, 1.807) is 4.90 Å². The fraction of sp³-hybridized carbons (Fsp3) is 0.412. The van der Waals surface area contributed by atoms with Crippen LogP contribution in [0.3, 0.4) is 0 Å². The smallest absolute Gasteiger partial charge is 0.407 e. The van der Waals surface area contributed by atoms with Gasteiger partial charge in [0.05, 0.1) is 11.9 Å². The van der Waals surface area contributed by atoms with Gasteiger partial charge in [-0.3, -0.25) is 0 Å². The highest BCUT2D eigenvalue weighted by Crippen LogP contribution is 2.37. The van der Waals surface area contributed by atoms with Crippen molar-refractivity contribution in [3.05, 3.63) is 40.8 Å². The lowest BCUT2D eigenvalue weighted by Crippen LogP contribution is -2.40. The summed E-state index contributed by atoms with van der Waals surface area (Å²) in [5.74, 6) is 1.04. The van der Waals surface area contributed by atoms with Gasteiger partial charge in [0.2, 0.25) is 0 Å². The number of rotatable bonds is 4. The van der Waals surface area contributed by atoms with Crippen LogP contribution in [0, 0.1) is 0 Å². The van der Waals surface area contributed by atoms with Gasteiger partial charge in [0.1, 0.15) is 5.82 Å². The lowest BCUT2D eigenvalue weighted by molar-refractivity contribution is 0.123. The van der Waals surface area contributed by atoms with E-state index in [2.05, 4.69) is 25.9 Å². The summed E-state index contributed by atoms with van der Waals surface area (Å²) in [6.07, 6.45) is 3.91. The summed E-state index contributed by atoms with van der Waals surface area (Å²) < 4.78 is 1.04. The molecule has 6 heteroatoms. The number of H-pyrrole nitrogens is 1. The van der Waals surface area contributed by atoms with E-state index in [0.717, 1.165) is 40.8 Å². The predicted molar refractivity (Wildman–Crippen MR) is 92.5 cm³/mol. The Morgan fingerprint density at radius 2 is 2.13 bits per heavy atom. The first-order valence-electron chi connectivity index (χ1n) is 7.90. The van der Waals surface area contributed by atoms with Crippen molar-refractivity contribution in [2.75, 3.05) is 6.54 Å². The molecule has 1 aromatic carbocycles. The molecule has 1 aliphatic carbocycles. The fourth-order valence-electron chi connectivity index (χ4n) is 3.45. The first-order valence-corrected chi connectivity index (χ1v) is 8.70. The Morgan fingerprint density at radius 1 is 1.39 bits per heavy atom. The van der Waals surface area contributed by atoms with Gasteiger partial charge in [-0.05, 0) is 37.5 Å². The Kier molecular flexibility index (Phi) is 4.71. The van der Waals surface area contributed by atoms with Crippen LogP contribution in [0.2, 0.25) is 0 Å². The number of carboxylic acid groups (broad SMARTS) is 1. The molecular formula is C17H20BrN3O2. The maximum Gasteiger partial charge on any atom is 0.407 e. The van der Waals surface area contributed by atoms with E-state index in [4.69, 9.17) is 0 Å². The Bertz CT molecular complexity index is 683. The Balaban J connectivity index is 1.84.